The molecule has 0 bridgehead atoms. The van der Waals surface area contributed by atoms with Crippen LogP contribution < -0.4 is 4.90 Å². The Hall–Kier alpha value is -8.46. The summed E-state index contributed by atoms with van der Waals surface area (Å²) in [5.41, 5.74) is 11.2. The van der Waals surface area contributed by atoms with E-state index in [0.29, 0.717) is 33.6 Å². The highest BCUT2D eigenvalue weighted by atomic mass is 16.2. The molecule has 1 aliphatic rings. The van der Waals surface area contributed by atoms with E-state index in [0.717, 1.165) is 66.3 Å². The number of pyridine rings is 2. The zero-order valence-corrected chi connectivity index (χ0v) is 30.7. The van der Waals surface area contributed by atoms with E-state index in [1.165, 1.54) is 17.3 Å². The number of anilines is 1. The standard InChI is InChI=1S/C50H28N6O2/c51-25-31-18-39(29-53-27-31)35-14-16-45-43(23-35)44-24-36(40-19-32(26-52)28-54-30-40)15-17-46(44)56(45)47-13-7-12-42-48(47)50(58)55(49(42)57)41-21-37(33-8-3-1-4-9-33)20-38(22-41)34-10-5-2-6-11-34/h1-24,27-30H. The zero-order chi connectivity index (χ0) is 39.3. The Morgan fingerprint density at radius 3 is 1.50 bits per heavy atom. The number of hydrogen-bond donors (Lipinski definition) is 0. The Bertz CT molecular complexity index is 3080. The summed E-state index contributed by atoms with van der Waals surface area (Å²) in [6.07, 6.45) is 6.51. The second-order valence-corrected chi connectivity index (χ2v) is 14.1. The van der Waals surface area contributed by atoms with Gasteiger partial charge in [0.25, 0.3) is 11.8 Å². The smallest absolute Gasteiger partial charge is 0.268 e. The van der Waals surface area contributed by atoms with Gasteiger partial charge in [0.15, 0.2) is 0 Å². The Morgan fingerprint density at radius 1 is 0.448 bits per heavy atom. The first-order chi connectivity index (χ1) is 28.5. The molecule has 10 rings (SSSR count). The molecule has 270 valence electrons. The van der Waals surface area contributed by atoms with Gasteiger partial charge in [-0.05, 0) is 100 Å². The van der Waals surface area contributed by atoms with Gasteiger partial charge in [-0.25, -0.2) is 4.90 Å². The molecule has 8 nitrogen and oxygen atoms in total. The van der Waals surface area contributed by atoms with Crippen LogP contribution in [0.2, 0.25) is 0 Å². The van der Waals surface area contributed by atoms with E-state index in [9.17, 15) is 20.1 Å². The van der Waals surface area contributed by atoms with Crippen LogP contribution in [0.4, 0.5) is 5.69 Å². The minimum Gasteiger partial charge on any atom is -0.308 e. The summed E-state index contributed by atoms with van der Waals surface area (Å²) in [6.45, 7) is 0. The molecule has 0 saturated heterocycles. The van der Waals surface area contributed by atoms with Gasteiger partial charge in [0.05, 0.1) is 44.7 Å². The van der Waals surface area contributed by atoms with Crippen LogP contribution in [-0.2, 0) is 0 Å². The van der Waals surface area contributed by atoms with E-state index in [1.807, 2.05) is 114 Å². The number of carbonyl (C=O) groups is 2. The van der Waals surface area contributed by atoms with Crippen molar-refractivity contribution in [3.05, 3.63) is 193 Å². The van der Waals surface area contributed by atoms with Crippen molar-refractivity contribution in [1.82, 2.24) is 14.5 Å². The predicted octanol–water partition coefficient (Wildman–Crippen LogP) is 10.8. The molecule has 0 unspecified atom stereocenters. The second kappa shape index (κ2) is 13.7. The quantitative estimate of drug-likeness (QED) is 0.157. The lowest BCUT2D eigenvalue weighted by Gasteiger charge is -2.18. The van der Waals surface area contributed by atoms with E-state index in [-0.39, 0.29) is 0 Å². The summed E-state index contributed by atoms with van der Waals surface area (Å²) in [5, 5.41) is 21.0. The van der Waals surface area contributed by atoms with Crippen LogP contribution in [-0.4, -0.2) is 26.3 Å². The molecule has 8 heteroatoms. The Balaban J connectivity index is 1.17. The van der Waals surface area contributed by atoms with E-state index in [2.05, 4.69) is 40.3 Å². The van der Waals surface area contributed by atoms with Gasteiger partial charge >= 0.3 is 0 Å². The predicted molar refractivity (Wildman–Crippen MR) is 225 cm³/mol. The minimum atomic E-state index is -0.415. The van der Waals surface area contributed by atoms with Crippen molar-refractivity contribution >= 4 is 39.3 Å². The number of imide groups is 1. The fourth-order valence-corrected chi connectivity index (χ4v) is 7.98. The van der Waals surface area contributed by atoms with Crippen molar-refractivity contribution in [1.29, 1.82) is 10.5 Å². The second-order valence-electron chi connectivity index (χ2n) is 14.1. The molecule has 0 aliphatic carbocycles. The molecular weight excluding hydrogens is 717 g/mol. The molecule has 58 heavy (non-hydrogen) atoms. The van der Waals surface area contributed by atoms with Gasteiger partial charge in [0.2, 0.25) is 0 Å². The maximum atomic E-state index is 14.9. The van der Waals surface area contributed by atoms with E-state index < -0.39 is 11.8 Å². The zero-order valence-electron chi connectivity index (χ0n) is 30.7. The summed E-state index contributed by atoms with van der Waals surface area (Å²) in [4.78, 5) is 39.3. The average molecular weight is 745 g/mol. The molecule has 2 amide bonds. The Morgan fingerprint density at radius 2 is 0.983 bits per heavy atom. The Labute approximate surface area is 332 Å². The molecule has 0 fully saturated rings. The van der Waals surface area contributed by atoms with Gasteiger partial charge in [0, 0.05) is 46.7 Å². The summed E-state index contributed by atoms with van der Waals surface area (Å²) in [5.74, 6) is -0.812. The van der Waals surface area contributed by atoms with Crippen molar-refractivity contribution in [2.75, 3.05) is 4.90 Å². The molecule has 0 saturated carbocycles. The monoisotopic (exact) mass is 744 g/mol. The molecule has 0 atom stereocenters. The number of amides is 2. The van der Waals surface area contributed by atoms with Gasteiger partial charge in [-0.2, -0.15) is 10.5 Å². The topological polar surface area (TPSA) is 116 Å². The van der Waals surface area contributed by atoms with E-state index in [1.54, 1.807) is 30.6 Å². The van der Waals surface area contributed by atoms with Crippen molar-refractivity contribution in [3.8, 4) is 62.3 Å². The summed E-state index contributed by atoms with van der Waals surface area (Å²) >= 11 is 0. The number of hydrogen-bond acceptors (Lipinski definition) is 6. The number of benzene rings is 6. The number of nitriles is 2. The third kappa shape index (κ3) is 5.61. The minimum absolute atomic E-state index is 0.308. The number of aromatic nitrogens is 3. The molecule has 4 heterocycles. The Kier molecular flexibility index (Phi) is 8.04. The van der Waals surface area contributed by atoms with Crippen molar-refractivity contribution < 1.29 is 9.59 Å². The molecule has 1 aliphatic heterocycles. The average Bonchev–Trinajstić information content (AvgIpc) is 3.75. The SMILES string of the molecule is N#Cc1cncc(-c2ccc3c(c2)c2cc(-c4cncc(C#N)c4)ccc2n3-c2cccc3c2C(=O)N(c2cc(-c4ccccc4)cc(-c4ccccc4)c2)C3=O)c1. The number of nitrogens with zero attached hydrogens (tertiary/aromatic N) is 6. The highest BCUT2D eigenvalue weighted by molar-refractivity contribution is 6.36. The molecular formula is C50H28N6O2. The van der Waals surface area contributed by atoms with Crippen molar-refractivity contribution in [3.63, 3.8) is 0 Å². The summed E-state index contributed by atoms with van der Waals surface area (Å²) in [6, 6.07) is 51.2. The van der Waals surface area contributed by atoms with E-state index in [4.69, 9.17) is 0 Å². The summed E-state index contributed by atoms with van der Waals surface area (Å²) in [7, 11) is 0. The van der Waals surface area contributed by atoms with Crippen molar-refractivity contribution in [2.45, 2.75) is 0 Å². The maximum absolute atomic E-state index is 14.9. The highest BCUT2D eigenvalue weighted by Crippen LogP contribution is 2.41. The van der Waals surface area contributed by atoms with Gasteiger partial charge in [-0.1, -0.05) is 78.9 Å². The molecule has 0 radical (unpaired) electrons. The third-order valence-electron chi connectivity index (χ3n) is 10.7. The van der Waals surface area contributed by atoms with Crippen LogP contribution in [0.25, 0.3) is 72.0 Å². The van der Waals surface area contributed by atoms with Gasteiger partial charge < -0.3 is 4.57 Å². The maximum Gasteiger partial charge on any atom is 0.268 e. The van der Waals surface area contributed by atoms with Crippen LogP contribution in [0.15, 0.2) is 170 Å². The first-order valence-electron chi connectivity index (χ1n) is 18.6. The summed E-state index contributed by atoms with van der Waals surface area (Å²) < 4.78 is 2.04. The van der Waals surface area contributed by atoms with Crippen molar-refractivity contribution in [2.24, 2.45) is 0 Å². The van der Waals surface area contributed by atoms with Gasteiger partial charge in [0.1, 0.15) is 12.1 Å². The van der Waals surface area contributed by atoms with Crippen LogP contribution >= 0.6 is 0 Å². The fraction of sp³-hybridized carbons (Fsp3) is 0. The largest absolute Gasteiger partial charge is 0.308 e. The fourth-order valence-electron chi connectivity index (χ4n) is 7.98. The lowest BCUT2D eigenvalue weighted by atomic mass is 9.97. The van der Waals surface area contributed by atoms with Crippen LogP contribution in [0.5, 0.6) is 0 Å². The third-order valence-corrected chi connectivity index (χ3v) is 10.7. The molecule has 0 N–H and O–H groups in total. The lowest BCUT2D eigenvalue weighted by Crippen LogP contribution is -2.29. The van der Waals surface area contributed by atoms with E-state index >= 15 is 0 Å². The number of carbonyl (C=O) groups excluding carboxylic acids is 2. The van der Waals surface area contributed by atoms with Gasteiger partial charge in [-0.15, -0.1) is 0 Å². The van der Waals surface area contributed by atoms with Crippen LogP contribution in [0, 0.1) is 22.7 Å². The molecule has 3 aromatic heterocycles. The van der Waals surface area contributed by atoms with Crippen LogP contribution in [0.3, 0.4) is 0 Å². The lowest BCUT2D eigenvalue weighted by molar-refractivity contribution is 0.0926. The van der Waals surface area contributed by atoms with Crippen LogP contribution in [0.1, 0.15) is 31.8 Å². The molecule has 6 aromatic carbocycles. The highest BCUT2D eigenvalue weighted by Gasteiger charge is 2.39. The molecule has 9 aromatic rings. The first kappa shape index (κ1) is 34.1. The molecule has 0 spiro atoms. The normalized spacial score (nSPS) is 12.1. The number of fused-ring (bicyclic) bond motifs is 4. The van der Waals surface area contributed by atoms with Gasteiger partial charge in [-0.3, -0.25) is 19.6 Å². The first-order valence-corrected chi connectivity index (χ1v) is 18.6. The number of rotatable bonds is 6.